The molecule has 16 heavy (non-hydrogen) atoms. The summed E-state index contributed by atoms with van der Waals surface area (Å²) < 4.78 is 10.3. The third-order valence-electron chi connectivity index (χ3n) is 1.86. The molecule has 1 aromatic rings. The number of aliphatic carboxylic acids is 1. The van der Waals surface area contributed by atoms with Crippen molar-refractivity contribution in [3.8, 4) is 11.5 Å². The molecule has 0 aromatic heterocycles. The van der Waals surface area contributed by atoms with Gasteiger partial charge >= 0.3 is 5.97 Å². The van der Waals surface area contributed by atoms with E-state index in [1.54, 1.807) is 31.4 Å². The summed E-state index contributed by atoms with van der Waals surface area (Å²) in [6.45, 7) is 0.415. The zero-order valence-electron chi connectivity index (χ0n) is 9.01. The standard InChI is InChI=1S/C11H14O4.ClH/c1-14-9-4-6-10(7-5-9)15-8-2-3-11(12)13;/h4-7H,2-3,8H2,1H3,(H,12,13);1H. The quantitative estimate of drug-likeness (QED) is 0.783. The molecule has 0 heterocycles. The van der Waals surface area contributed by atoms with E-state index in [9.17, 15) is 4.79 Å². The highest BCUT2D eigenvalue weighted by atomic mass is 35.5. The van der Waals surface area contributed by atoms with Gasteiger partial charge in [-0.3, -0.25) is 4.79 Å². The molecule has 1 rings (SSSR count). The number of rotatable bonds is 6. The number of benzene rings is 1. The summed E-state index contributed by atoms with van der Waals surface area (Å²) in [5, 5.41) is 8.41. The van der Waals surface area contributed by atoms with Gasteiger partial charge in [-0.1, -0.05) is 0 Å². The minimum Gasteiger partial charge on any atom is -0.497 e. The third-order valence-corrected chi connectivity index (χ3v) is 1.86. The molecule has 0 radical (unpaired) electrons. The first-order valence-corrected chi connectivity index (χ1v) is 4.71. The maximum atomic E-state index is 10.2. The Morgan fingerprint density at radius 1 is 1.25 bits per heavy atom. The van der Waals surface area contributed by atoms with E-state index in [4.69, 9.17) is 14.6 Å². The summed E-state index contributed by atoms with van der Waals surface area (Å²) in [7, 11) is 1.60. The van der Waals surface area contributed by atoms with Gasteiger partial charge in [-0.25, -0.2) is 0 Å². The lowest BCUT2D eigenvalue weighted by Gasteiger charge is -2.05. The number of methoxy groups -OCH3 is 1. The lowest BCUT2D eigenvalue weighted by molar-refractivity contribution is -0.137. The highest BCUT2D eigenvalue weighted by Crippen LogP contribution is 2.17. The van der Waals surface area contributed by atoms with Gasteiger partial charge in [0.15, 0.2) is 0 Å². The third kappa shape index (κ3) is 5.46. The van der Waals surface area contributed by atoms with E-state index < -0.39 is 5.97 Å². The van der Waals surface area contributed by atoms with Crippen LogP contribution in [0, 0.1) is 0 Å². The Morgan fingerprint density at radius 3 is 2.31 bits per heavy atom. The fourth-order valence-electron chi connectivity index (χ4n) is 1.09. The average Bonchev–Trinajstić information content (AvgIpc) is 2.25. The van der Waals surface area contributed by atoms with Gasteiger partial charge in [0.1, 0.15) is 11.5 Å². The van der Waals surface area contributed by atoms with Gasteiger partial charge in [0, 0.05) is 6.42 Å². The van der Waals surface area contributed by atoms with E-state index in [2.05, 4.69) is 0 Å². The first-order chi connectivity index (χ1) is 7.22. The fourth-order valence-corrected chi connectivity index (χ4v) is 1.09. The summed E-state index contributed by atoms with van der Waals surface area (Å²) in [6.07, 6.45) is 0.650. The predicted octanol–water partition coefficient (Wildman–Crippen LogP) is 2.36. The minimum atomic E-state index is -0.798. The molecule has 0 saturated carbocycles. The Bertz CT molecular complexity index is 310. The van der Waals surface area contributed by atoms with E-state index in [-0.39, 0.29) is 18.8 Å². The summed E-state index contributed by atoms with van der Waals surface area (Å²) in [5.74, 6) is 0.697. The predicted molar refractivity (Wildman–Crippen MR) is 62.6 cm³/mol. The highest BCUT2D eigenvalue weighted by molar-refractivity contribution is 5.85. The average molecular weight is 247 g/mol. The van der Waals surface area contributed by atoms with Gasteiger partial charge in [-0.15, -0.1) is 12.4 Å². The second-order valence-electron chi connectivity index (χ2n) is 3.02. The maximum Gasteiger partial charge on any atom is 0.303 e. The van der Waals surface area contributed by atoms with Crippen LogP contribution in [0.3, 0.4) is 0 Å². The highest BCUT2D eigenvalue weighted by Gasteiger charge is 1.98. The largest absolute Gasteiger partial charge is 0.497 e. The smallest absolute Gasteiger partial charge is 0.303 e. The molecule has 1 N–H and O–H groups in total. The molecule has 0 aliphatic heterocycles. The Kier molecular flexibility index (Phi) is 7.12. The second-order valence-corrected chi connectivity index (χ2v) is 3.02. The lowest BCUT2D eigenvalue weighted by atomic mass is 10.3. The molecule has 0 saturated heterocycles. The number of hydrogen-bond donors (Lipinski definition) is 1. The molecule has 0 bridgehead atoms. The Balaban J connectivity index is 0.00000225. The monoisotopic (exact) mass is 246 g/mol. The molecular formula is C11H15ClO4. The van der Waals surface area contributed by atoms with Crippen LogP contribution in [0.2, 0.25) is 0 Å². The first kappa shape index (κ1) is 14.6. The van der Waals surface area contributed by atoms with Crippen LogP contribution < -0.4 is 9.47 Å². The summed E-state index contributed by atoms with van der Waals surface area (Å²) in [6, 6.07) is 7.18. The Labute approximate surface area is 101 Å². The van der Waals surface area contributed by atoms with Crippen LogP contribution in [-0.2, 0) is 4.79 Å². The lowest BCUT2D eigenvalue weighted by Crippen LogP contribution is -2.01. The summed E-state index contributed by atoms with van der Waals surface area (Å²) >= 11 is 0. The Morgan fingerprint density at radius 2 is 1.81 bits per heavy atom. The SMILES string of the molecule is COc1ccc(OCCCC(=O)O)cc1.Cl. The van der Waals surface area contributed by atoms with Crippen molar-refractivity contribution in [3.63, 3.8) is 0 Å². The molecule has 0 fully saturated rings. The van der Waals surface area contributed by atoms with Crippen molar-refractivity contribution in [2.45, 2.75) is 12.8 Å². The molecule has 5 heteroatoms. The van der Waals surface area contributed by atoms with E-state index in [1.807, 2.05) is 0 Å². The van der Waals surface area contributed by atoms with E-state index in [0.29, 0.717) is 13.0 Å². The van der Waals surface area contributed by atoms with Crippen LogP contribution in [0.1, 0.15) is 12.8 Å². The van der Waals surface area contributed by atoms with Crippen LogP contribution in [0.15, 0.2) is 24.3 Å². The number of hydrogen-bond acceptors (Lipinski definition) is 3. The van der Waals surface area contributed by atoms with Crippen LogP contribution >= 0.6 is 12.4 Å². The second kappa shape index (κ2) is 7.82. The first-order valence-electron chi connectivity index (χ1n) is 4.71. The van der Waals surface area contributed by atoms with Crippen LogP contribution in [0.5, 0.6) is 11.5 Å². The molecule has 4 nitrogen and oxygen atoms in total. The van der Waals surface area contributed by atoms with Gasteiger partial charge in [0.2, 0.25) is 0 Å². The van der Waals surface area contributed by atoms with Gasteiger partial charge < -0.3 is 14.6 Å². The maximum absolute atomic E-state index is 10.2. The van der Waals surface area contributed by atoms with Crippen molar-refractivity contribution in [3.05, 3.63) is 24.3 Å². The summed E-state index contributed by atoms with van der Waals surface area (Å²) in [4.78, 5) is 10.2. The van der Waals surface area contributed by atoms with Gasteiger partial charge in [-0.05, 0) is 30.7 Å². The fraction of sp³-hybridized carbons (Fsp3) is 0.364. The molecule has 90 valence electrons. The Hall–Kier alpha value is -1.42. The van der Waals surface area contributed by atoms with E-state index in [1.165, 1.54) is 0 Å². The van der Waals surface area contributed by atoms with Gasteiger partial charge in [0.05, 0.1) is 13.7 Å². The van der Waals surface area contributed by atoms with Crippen molar-refractivity contribution in [1.82, 2.24) is 0 Å². The number of halogens is 1. The van der Waals surface area contributed by atoms with Gasteiger partial charge in [-0.2, -0.15) is 0 Å². The molecule has 0 aliphatic carbocycles. The minimum absolute atomic E-state index is 0. The van der Waals surface area contributed by atoms with E-state index >= 15 is 0 Å². The van der Waals surface area contributed by atoms with E-state index in [0.717, 1.165) is 11.5 Å². The van der Waals surface area contributed by atoms with Crippen LogP contribution in [0.25, 0.3) is 0 Å². The number of carboxylic acids is 1. The van der Waals surface area contributed by atoms with Crippen molar-refractivity contribution < 1.29 is 19.4 Å². The molecule has 0 unspecified atom stereocenters. The van der Waals surface area contributed by atoms with Gasteiger partial charge in [0.25, 0.3) is 0 Å². The molecule has 0 spiro atoms. The molecule has 0 amide bonds. The molecule has 0 aliphatic rings. The van der Waals surface area contributed by atoms with Crippen LogP contribution in [-0.4, -0.2) is 24.8 Å². The number of ether oxygens (including phenoxy) is 2. The molecule has 0 atom stereocenters. The normalized spacial score (nSPS) is 9.06. The molecule has 1 aromatic carbocycles. The van der Waals surface area contributed by atoms with Crippen molar-refractivity contribution in [2.24, 2.45) is 0 Å². The number of carboxylic acid groups (broad SMARTS) is 1. The summed E-state index contributed by atoms with van der Waals surface area (Å²) in [5.41, 5.74) is 0. The van der Waals surface area contributed by atoms with Crippen LogP contribution in [0.4, 0.5) is 0 Å². The van der Waals surface area contributed by atoms with Crippen molar-refractivity contribution >= 4 is 18.4 Å². The van der Waals surface area contributed by atoms with Crippen molar-refractivity contribution in [1.29, 1.82) is 0 Å². The zero-order chi connectivity index (χ0) is 11.1. The topological polar surface area (TPSA) is 55.8 Å². The van der Waals surface area contributed by atoms with Crippen molar-refractivity contribution in [2.75, 3.05) is 13.7 Å². The zero-order valence-corrected chi connectivity index (χ0v) is 9.83. The molecular weight excluding hydrogens is 232 g/mol. The number of carbonyl (C=O) groups is 1.